The molecule has 0 spiro atoms. The first kappa shape index (κ1) is 15.1. The minimum Gasteiger partial charge on any atom is -0.379 e. The van der Waals surface area contributed by atoms with E-state index in [1.54, 1.807) is 0 Å². The molecule has 0 bridgehead atoms. The molecule has 0 aliphatic rings. The predicted molar refractivity (Wildman–Crippen MR) is 96.4 cm³/mol. The van der Waals surface area contributed by atoms with Crippen LogP contribution >= 0.6 is 15.9 Å². The average molecular weight is 358 g/mol. The maximum atomic E-state index is 4.69. The van der Waals surface area contributed by atoms with Gasteiger partial charge in [-0.05, 0) is 49.6 Å². The van der Waals surface area contributed by atoms with E-state index in [4.69, 9.17) is 4.98 Å². The third-order valence-electron chi connectivity index (χ3n) is 4.28. The fourth-order valence-electron chi connectivity index (χ4n) is 2.82. The Hall–Kier alpha value is -1.81. The molecule has 3 aromatic rings. The Morgan fingerprint density at radius 2 is 1.82 bits per heavy atom. The Labute approximate surface area is 139 Å². The van der Waals surface area contributed by atoms with Crippen LogP contribution in [0.2, 0.25) is 0 Å². The first-order valence-corrected chi connectivity index (χ1v) is 8.18. The number of imidazole rings is 1. The lowest BCUT2D eigenvalue weighted by molar-refractivity contribution is 0.886. The highest BCUT2D eigenvalue weighted by Crippen LogP contribution is 2.29. The highest BCUT2D eigenvalue weighted by molar-refractivity contribution is 9.10. The van der Waals surface area contributed by atoms with Crippen molar-refractivity contribution in [2.24, 2.45) is 7.05 Å². The zero-order chi connectivity index (χ0) is 15.9. The summed E-state index contributed by atoms with van der Waals surface area (Å²) in [5.74, 6) is 1.02. The van der Waals surface area contributed by atoms with Gasteiger partial charge >= 0.3 is 0 Å². The van der Waals surface area contributed by atoms with Gasteiger partial charge in [0.2, 0.25) is 0 Å². The number of aryl methyl sites for hydroxylation is 4. The number of hydrogen-bond donors (Lipinski definition) is 1. The smallest absolute Gasteiger partial charge is 0.112 e. The number of rotatable bonds is 3. The highest BCUT2D eigenvalue weighted by Gasteiger charge is 2.11. The molecule has 0 unspecified atom stereocenters. The Balaban J connectivity index is 1.99. The maximum Gasteiger partial charge on any atom is 0.112 e. The maximum absolute atomic E-state index is 4.69. The topological polar surface area (TPSA) is 29.9 Å². The largest absolute Gasteiger partial charge is 0.379 e. The van der Waals surface area contributed by atoms with Gasteiger partial charge in [-0.3, -0.25) is 0 Å². The lowest BCUT2D eigenvalue weighted by Crippen LogP contribution is -2.04. The van der Waals surface area contributed by atoms with Gasteiger partial charge in [0.05, 0.1) is 11.2 Å². The van der Waals surface area contributed by atoms with E-state index in [1.807, 2.05) is 14.0 Å². The van der Waals surface area contributed by atoms with Crippen molar-refractivity contribution in [1.82, 2.24) is 9.55 Å². The normalized spacial score (nSPS) is 11.1. The van der Waals surface area contributed by atoms with Gasteiger partial charge in [0, 0.05) is 18.1 Å². The van der Waals surface area contributed by atoms with Crippen molar-refractivity contribution < 1.29 is 0 Å². The van der Waals surface area contributed by atoms with Crippen LogP contribution in [0.4, 0.5) is 5.69 Å². The molecule has 1 heterocycles. The second-order valence-corrected chi connectivity index (χ2v) is 6.68. The van der Waals surface area contributed by atoms with Crippen LogP contribution in [0.5, 0.6) is 0 Å². The van der Waals surface area contributed by atoms with Crippen LogP contribution < -0.4 is 5.32 Å². The van der Waals surface area contributed by atoms with E-state index in [9.17, 15) is 0 Å². The van der Waals surface area contributed by atoms with Gasteiger partial charge in [-0.15, -0.1) is 0 Å². The van der Waals surface area contributed by atoms with E-state index in [2.05, 4.69) is 70.0 Å². The van der Waals surface area contributed by atoms with Gasteiger partial charge in [0.25, 0.3) is 0 Å². The molecule has 0 saturated carbocycles. The molecule has 22 heavy (non-hydrogen) atoms. The third kappa shape index (κ3) is 2.63. The van der Waals surface area contributed by atoms with Gasteiger partial charge in [-0.25, -0.2) is 4.98 Å². The molecule has 4 heteroatoms. The zero-order valence-corrected chi connectivity index (χ0v) is 15.0. The SMILES string of the molecule is Cc1cccc(C)c1CNc1cc(Br)cc2c1nc(C)n2C. The molecule has 0 radical (unpaired) electrons. The number of halogens is 1. The summed E-state index contributed by atoms with van der Waals surface area (Å²) < 4.78 is 3.18. The van der Waals surface area contributed by atoms with E-state index in [-0.39, 0.29) is 0 Å². The lowest BCUT2D eigenvalue weighted by atomic mass is 10.0. The average Bonchev–Trinajstić information content (AvgIpc) is 2.74. The van der Waals surface area contributed by atoms with Gasteiger partial charge in [-0.1, -0.05) is 34.1 Å². The molecular weight excluding hydrogens is 338 g/mol. The number of aromatic nitrogens is 2. The molecule has 0 saturated heterocycles. The van der Waals surface area contributed by atoms with Crippen LogP contribution in [0.3, 0.4) is 0 Å². The number of nitrogens with zero attached hydrogens (tertiary/aromatic N) is 2. The summed E-state index contributed by atoms with van der Waals surface area (Å²) in [6, 6.07) is 10.6. The third-order valence-corrected chi connectivity index (χ3v) is 4.73. The van der Waals surface area contributed by atoms with E-state index in [0.717, 1.165) is 33.6 Å². The monoisotopic (exact) mass is 357 g/mol. The molecule has 3 nitrogen and oxygen atoms in total. The molecule has 0 aliphatic heterocycles. The fraction of sp³-hybridized carbons (Fsp3) is 0.278. The van der Waals surface area contributed by atoms with Crippen molar-refractivity contribution in [3.63, 3.8) is 0 Å². The molecule has 0 atom stereocenters. The van der Waals surface area contributed by atoms with Gasteiger partial charge in [0.1, 0.15) is 11.3 Å². The van der Waals surface area contributed by atoms with Crippen LogP contribution in [-0.4, -0.2) is 9.55 Å². The van der Waals surface area contributed by atoms with E-state index in [0.29, 0.717) is 0 Å². The van der Waals surface area contributed by atoms with E-state index in [1.165, 1.54) is 16.7 Å². The Morgan fingerprint density at radius 1 is 1.14 bits per heavy atom. The lowest BCUT2D eigenvalue weighted by Gasteiger charge is -2.13. The first-order valence-electron chi connectivity index (χ1n) is 7.39. The van der Waals surface area contributed by atoms with Gasteiger partial charge in [-0.2, -0.15) is 0 Å². The second kappa shape index (κ2) is 5.76. The van der Waals surface area contributed by atoms with Gasteiger partial charge < -0.3 is 9.88 Å². The quantitative estimate of drug-likeness (QED) is 0.724. The number of nitrogens with one attached hydrogen (secondary N) is 1. The van der Waals surface area contributed by atoms with E-state index >= 15 is 0 Å². The molecule has 0 fully saturated rings. The van der Waals surface area contributed by atoms with Crippen LogP contribution in [-0.2, 0) is 13.6 Å². The van der Waals surface area contributed by atoms with Crippen molar-refractivity contribution in [2.45, 2.75) is 27.3 Å². The predicted octanol–water partition coefficient (Wildman–Crippen LogP) is 4.87. The van der Waals surface area contributed by atoms with E-state index < -0.39 is 0 Å². The standard InChI is InChI=1S/C18H20BrN3/c1-11-6-5-7-12(2)15(11)10-20-16-8-14(19)9-17-18(16)21-13(3)22(17)4/h5-9,20H,10H2,1-4H3. The number of hydrogen-bond acceptors (Lipinski definition) is 2. The first-order chi connectivity index (χ1) is 10.5. The minimum absolute atomic E-state index is 0.805. The molecule has 0 aliphatic carbocycles. The molecule has 2 aromatic carbocycles. The molecule has 1 aromatic heterocycles. The van der Waals surface area contributed by atoms with Crippen molar-refractivity contribution >= 4 is 32.7 Å². The van der Waals surface area contributed by atoms with Gasteiger partial charge in [0.15, 0.2) is 0 Å². The molecule has 0 amide bonds. The molecule has 114 valence electrons. The Kier molecular flexibility index (Phi) is 3.96. The van der Waals surface area contributed by atoms with Crippen molar-refractivity contribution in [1.29, 1.82) is 0 Å². The Morgan fingerprint density at radius 3 is 2.50 bits per heavy atom. The molecule has 3 rings (SSSR count). The van der Waals surface area contributed by atoms with Crippen LogP contribution in [0.25, 0.3) is 11.0 Å². The van der Waals surface area contributed by atoms with Crippen molar-refractivity contribution in [3.8, 4) is 0 Å². The number of fused-ring (bicyclic) bond motifs is 1. The summed E-state index contributed by atoms with van der Waals surface area (Å²) in [5.41, 5.74) is 7.20. The highest BCUT2D eigenvalue weighted by atomic mass is 79.9. The number of anilines is 1. The van der Waals surface area contributed by atoms with Crippen LogP contribution in [0, 0.1) is 20.8 Å². The minimum atomic E-state index is 0.805. The Bertz CT molecular complexity index is 829. The van der Waals surface area contributed by atoms with Crippen molar-refractivity contribution in [2.75, 3.05) is 5.32 Å². The summed E-state index contributed by atoms with van der Waals surface area (Å²) in [7, 11) is 2.05. The fourth-order valence-corrected chi connectivity index (χ4v) is 3.26. The summed E-state index contributed by atoms with van der Waals surface area (Å²) >= 11 is 3.60. The second-order valence-electron chi connectivity index (χ2n) is 5.76. The summed E-state index contributed by atoms with van der Waals surface area (Å²) in [6.07, 6.45) is 0. The zero-order valence-electron chi connectivity index (χ0n) is 13.4. The summed E-state index contributed by atoms with van der Waals surface area (Å²) in [4.78, 5) is 4.69. The van der Waals surface area contributed by atoms with Crippen LogP contribution in [0.1, 0.15) is 22.5 Å². The molecule has 1 N–H and O–H groups in total. The number of benzene rings is 2. The summed E-state index contributed by atoms with van der Waals surface area (Å²) in [5, 5.41) is 3.56. The summed E-state index contributed by atoms with van der Waals surface area (Å²) in [6.45, 7) is 7.15. The molecular formula is C18H20BrN3. The van der Waals surface area contributed by atoms with Crippen LogP contribution in [0.15, 0.2) is 34.8 Å². The van der Waals surface area contributed by atoms with Crippen molar-refractivity contribution in [3.05, 3.63) is 57.3 Å².